The molecule has 0 N–H and O–H groups in total. The van der Waals surface area contributed by atoms with Gasteiger partial charge in [0.15, 0.2) is 0 Å². The monoisotopic (exact) mass is 410 g/mol. The highest BCUT2D eigenvalue weighted by atomic mass is 16.5. The number of amides is 1. The van der Waals surface area contributed by atoms with Crippen LogP contribution in [-0.2, 0) is 13.1 Å². The average Bonchev–Trinajstić information content (AvgIpc) is 3.29. The summed E-state index contributed by atoms with van der Waals surface area (Å²) >= 11 is 0. The molecule has 0 atom stereocenters. The van der Waals surface area contributed by atoms with E-state index in [-0.39, 0.29) is 5.91 Å². The normalized spacial score (nSPS) is 11.6. The quantitative estimate of drug-likeness (QED) is 0.543. The van der Waals surface area contributed by atoms with Crippen molar-refractivity contribution in [3.63, 3.8) is 0 Å². The molecule has 1 amide bonds. The van der Waals surface area contributed by atoms with E-state index in [9.17, 15) is 4.79 Å². The Balaban J connectivity index is 1.60. The Hall–Kier alpha value is -3.98. The van der Waals surface area contributed by atoms with Gasteiger partial charge in [-0.25, -0.2) is 4.85 Å². The number of aromatic nitrogens is 1. The van der Waals surface area contributed by atoms with E-state index in [4.69, 9.17) is 11.3 Å². The first-order valence-corrected chi connectivity index (χ1v) is 10.1. The molecule has 0 spiro atoms. The molecule has 3 aromatic rings. The Morgan fingerprint density at radius 3 is 2.90 bits per heavy atom. The van der Waals surface area contributed by atoms with Crippen molar-refractivity contribution in [2.24, 2.45) is 4.99 Å². The lowest BCUT2D eigenvalue weighted by molar-refractivity contribution is 0.0784. The molecule has 0 unspecified atom stereocenters. The number of benzene rings is 2. The summed E-state index contributed by atoms with van der Waals surface area (Å²) in [6.07, 6.45) is 5.10. The third-order valence-electron chi connectivity index (χ3n) is 5.24. The molecular formula is C25H22N4O2. The number of carbonyl (C=O) groups excluding carboxylic acids is 1. The minimum Gasteiger partial charge on any atom is -0.493 e. The van der Waals surface area contributed by atoms with Gasteiger partial charge in [-0.1, -0.05) is 18.2 Å². The minimum absolute atomic E-state index is 0.0861. The van der Waals surface area contributed by atoms with Gasteiger partial charge in [0.1, 0.15) is 5.75 Å². The number of nitrogens with zero attached hydrogens (tertiary/aromatic N) is 4. The van der Waals surface area contributed by atoms with Crippen molar-refractivity contribution >= 4 is 17.8 Å². The van der Waals surface area contributed by atoms with Gasteiger partial charge in [0, 0.05) is 43.3 Å². The SMILES string of the molecule is [C-]#[N+]c1cncc(-c2ccc(C(=O)N(C)Cc3cccc4c3CN=C4)cc2OCC)c1. The van der Waals surface area contributed by atoms with Gasteiger partial charge in [0.2, 0.25) is 5.69 Å². The van der Waals surface area contributed by atoms with Crippen LogP contribution in [0.15, 0.2) is 59.9 Å². The van der Waals surface area contributed by atoms with Crippen LogP contribution >= 0.6 is 0 Å². The number of hydrogen-bond acceptors (Lipinski definition) is 4. The van der Waals surface area contributed by atoms with Gasteiger partial charge in [-0.05, 0) is 53.4 Å². The first-order valence-electron chi connectivity index (χ1n) is 10.1. The highest BCUT2D eigenvalue weighted by molar-refractivity contribution is 5.95. The van der Waals surface area contributed by atoms with E-state index >= 15 is 0 Å². The third kappa shape index (κ3) is 4.17. The van der Waals surface area contributed by atoms with Gasteiger partial charge >= 0.3 is 0 Å². The predicted molar refractivity (Wildman–Crippen MR) is 121 cm³/mol. The standard InChI is InChI=1S/C25H22N4O2/c1-4-31-24-11-17(8-9-22(24)20-10-21(26-2)14-27-13-20)25(30)29(3)16-19-7-5-6-18-12-28-15-23(18)19/h5-14H,4,15-16H2,1,3H3. The van der Waals surface area contributed by atoms with Gasteiger partial charge in [-0.2, -0.15) is 0 Å². The van der Waals surface area contributed by atoms with Crippen molar-refractivity contribution in [1.29, 1.82) is 0 Å². The van der Waals surface area contributed by atoms with Gasteiger partial charge in [0.25, 0.3) is 5.91 Å². The van der Waals surface area contributed by atoms with Crippen LogP contribution in [-0.4, -0.2) is 35.7 Å². The summed E-state index contributed by atoms with van der Waals surface area (Å²) in [4.78, 5) is 26.8. The maximum atomic E-state index is 13.1. The lowest BCUT2D eigenvalue weighted by Crippen LogP contribution is -2.26. The second kappa shape index (κ2) is 8.80. The molecule has 1 aromatic heterocycles. The van der Waals surface area contributed by atoms with Crippen molar-refractivity contribution in [3.05, 3.63) is 88.5 Å². The fourth-order valence-corrected chi connectivity index (χ4v) is 3.70. The molecule has 4 rings (SSSR count). The molecule has 0 aliphatic carbocycles. The molecule has 0 bridgehead atoms. The van der Waals surface area contributed by atoms with Crippen LogP contribution in [0.25, 0.3) is 16.0 Å². The van der Waals surface area contributed by atoms with Gasteiger partial charge in [-0.15, -0.1) is 0 Å². The summed E-state index contributed by atoms with van der Waals surface area (Å²) in [6, 6.07) is 13.3. The Kier molecular flexibility index (Phi) is 5.76. The van der Waals surface area contributed by atoms with Gasteiger partial charge in [-0.3, -0.25) is 14.8 Å². The van der Waals surface area contributed by atoms with E-state index in [0.717, 1.165) is 22.3 Å². The first kappa shape index (κ1) is 20.3. The van der Waals surface area contributed by atoms with Crippen molar-refractivity contribution in [3.8, 4) is 16.9 Å². The summed E-state index contributed by atoms with van der Waals surface area (Å²) in [5, 5.41) is 0. The highest BCUT2D eigenvalue weighted by Crippen LogP contribution is 2.33. The zero-order valence-electron chi connectivity index (χ0n) is 17.5. The summed E-state index contributed by atoms with van der Waals surface area (Å²) < 4.78 is 5.82. The molecule has 2 aromatic carbocycles. The number of pyridine rings is 1. The van der Waals surface area contributed by atoms with Crippen LogP contribution in [0.3, 0.4) is 0 Å². The van der Waals surface area contributed by atoms with Crippen molar-refractivity contribution in [2.75, 3.05) is 13.7 Å². The second-order valence-corrected chi connectivity index (χ2v) is 7.30. The lowest BCUT2D eigenvalue weighted by atomic mass is 10.0. The number of rotatable bonds is 6. The Morgan fingerprint density at radius 1 is 1.23 bits per heavy atom. The molecule has 0 saturated carbocycles. The maximum absolute atomic E-state index is 13.1. The second-order valence-electron chi connectivity index (χ2n) is 7.30. The molecule has 0 saturated heterocycles. The fourth-order valence-electron chi connectivity index (χ4n) is 3.70. The minimum atomic E-state index is -0.0861. The van der Waals surface area contributed by atoms with Crippen molar-refractivity contribution < 1.29 is 9.53 Å². The Bertz CT molecular complexity index is 1210. The molecule has 0 radical (unpaired) electrons. The molecule has 0 fully saturated rings. The van der Waals surface area contributed by atoms with Crippen LogP contribution in [0.1, 0.15) is 34.0 Å². The van der Waals surface area contributed by atoms with Gasteiger partial charge < -0.3 is 9.64 Å². The van der Waals surface area contributed by atoms with Crippen LogP contribution in [0.2, 0.25) is 0 Å². The number of hydrogen-bond donors (Lipinski definition) is 0. The smallest absolute Gasteiger partial charge is 0.254 e. The summed E-state index contributed by atoms with van der Waals surface area (Å²) in [7, 11) is 1.80. The molecule has 154 valence electrons. The highest BCUT2D eigenvalue weighted by Gasteiger charge is 2.18. The molecule has 6 heteroatoms. The van der Waals surface area contributed by atoms with E-state index in [1.165, 1.54) is 11.8 Å². The number of aliphatic imine (C=N–C) groups is 1. The lowest BCUT2D eigenvalue weighted by Gasteiger charge is -2.20. The van der Waals surface area contributed by atoms with E-state index in [1.54, 1.807) is 36.3 Å². The third-order valence-corrected chi connectivity index (χ3v) is 5.24. The first-order chi connectivity index (χ1) is 15.1. The topological polar surface area (TPSA) is 59.2 Å². The van der Waals surface area contributed by atoms with E-state index in [1.807, 2.05) is 37.4 Å². The van der Waals surface area contributed by atoms with Crippen LogP contribution in [0.4, 0.5) is 5.69 Å². The predicted octanol–water partition coefficient (Wildman–Crippen LogP) is 4.90. The fraction of sp³-hybridized carbons (Fsp3) is 0.200. The molecule has 1 aliphatic rings. The van der Waals surface area contributed by atoms with E-state index in [2.05, 4.69) is 14.8 Å². The van der Waals surface area contributed by atoms with Crippen LogP contribution in [0, 0.1) is 6.57 Å². The molecule has 2 heterocycles. The number of ether oxygens (including phenoxy) is 1. The summed E-state index contributed by atoms with van der Waals surface area (Å²) in [6.45, 7) is 10.7. The summed E-state index contributed by atoms with van der Waals surface area (Å²) in [5.41, 5.74) is 6.00. The largest absolute Gasteiger partial charge is 0.493 e. The van der Waals surface area contributed by atoms with E-state index in [0.29, 0.717) is 36.7 Å². The number of fused-ring (bicyclic) bond motifs is 1. The molecular weight excluding hydrogens is 388 g/mol. The summed E-state index contributed by atoms with van der Waals surface area (Å²) in [5.74, 6) is 0.511. The maximum Gasteiger partial charge on any atom is 0.254 e. The van der Waals surface area contributed by atoms with Crippen LogP contribution < -0.4 is 4.74 Å². The average molecular weight is 410 g/mol. The molecule has 1 aliphatic heterocycles. The Labute approximate surface area is 181 Å². The molecule has 6 nitrogen and oxygen atoms in total. The Morgan fingerprint density at radius 2 is 2.10 bits per heavy atom. The van der Waals surface area contributed by atoms with E-state index < -0.39 is 0 Å². The molecule has 31 heavy (non-hydrogen) atoms. The van der Waals surface area contributed by atoms with Crippen molar-refractivity contribution in [1.82, 2.24) is 9.88 Å². The van der Waals surface area contributed by atoms with Crippen molar-refractivity contribution in [2.45, 2.75) is 20.0 Å². The van der Waals surface area contributed by atoms with Gasteiger partial charge in [0.05, 0.1) is 19.7 Å². The zero-order valence-corrected chi connectivity index (χ0v) is 17.5. The number of carbonyl (C=O) groups is 1. The zero-order chi connectivity index (χ0) is 21.8. The van der Waals surface area contributed by atoms with Crippen LogP contribution in [0.5, 0.6) is 5.75 Å².